The summed E-state index contributed by atoms with van der Waals surface area (Å²) in [5, 5.41) is 2.70. The fourth-order valence-electron chi connectivity index (χ4n) is 2.12. The molecule has 0 aliphatic rings. The van der Waals surface area contributed by atoms with Crippen LogP contribution in [0.15, 0.2) is 53.4 Å². The summed E-state index contributed by atoms with van der Waals surface area (Å²) in [6.45, 7) is 2.15. The average Bonchev–Trinajstić information content (AvgIpc) is 2.59. The lowest BCUT2D eigenvalue weighted by Gasteiger charge is -2.09. The minimum absolute atomic E-state index is 0.103. The topological polar surface area (TPSA) is 84.5 Å². The number of methoxy groups -OCH3 is 1. The van der Waals surface area contributed by atoms with Crippen molar-refractivity contribution in [3.63, 3.8) is 0 Å². The van der Waals surface area contributed by atoms with E-state index in [1.54, 1.807) is 24.3 Å². The van der Waals surface area contributed by atoms with Gasteiger partial charge in [-0.15, -0.1) is 0 Å². The van der Waals surface area contributed by atoms with Crippen molar-refractivity contribution >= 4 is 15.9 Å². The van der Waals surface area contributed by atoms with Gasteiger partial charge in [0.05, 0.1) is 12.0 Å². The van der Waals surface area contributed by atoms with Gasteiger partial charge in [0.25, 0.3) is 5.91 Å². The van der Waals surface area contributed by atoms with Crippen LogP contribution in [0.3, 0.4) is 0 Å². The second-order valence-corrected chi connectivity index (χ2v) is 6.91. The van der Waals surface area contributed by atoms with Gasteiger partial charge in [-0.25, -0.2) is 13.1 Å². The maximum absolute atomic E-state index is 12.1. The molecule has 0 bridgehead atoms. The molecular weight excluding hydrogens is 328 g/mol. The van der Waals surface area contributed by atoms with E-state index in [9.17, 15) is 13.2 Å². The number of nitrogens with one attached hydrogen (secondary N) is 2. The second-order valence-electron chi connectivity index (χ2n) is 5.14. The van der Waals surface area contributed by atoms with Gasteiger partial charge in [-0.1, -0.05) is 18.2 Å². The Kier molecular flexibility index (Phi) is 5.94. The van der Waals surface area contributed by atoms with Crippen LogP contribution in [0.2, 0.25) is 0 Å². The van der Waals surface area contributed by atoms with E-state index in [1.807, 2.05) is 19.1 Å². The summed E-state index contributed by atoms with van der Waals surface area (Å²) in [6, 6.07) is 13.3. The molecule has 0 aliphatic heterocycles. The number of sulfonamides is 1. The zero-order valence-electron chi connectivity index (χ0n) is 13.6. The molecule has 0 aromatic heterocycles. The van der Waals surface area contributed by atoms with E-state index < -0.39 is 10.0 Å². The van der Waals surface area contributed by atoms with E-state index in [0.717, 1.165) is 5.56 Å². The van der Waals surface area contributed by atoms with Crippen LogP contribution in [0.5, 0.6) is 5.75 Å². The summed E-state index contributed by atoms with van der Waals surface area (Å²) in [6.07, 6.45) is 0. The van der Waals surface area contributed by atoms with Crippen molar-refractivity contribution in [1.82, 2.24) is 10.0 Å². The predicted octanol–water partition coefficient (Wildman–Crippen LogP) is 1.71. The van der Waals surface area contributed by atoms with Crippen molar-refractivity contribution in [2.24, 2.45) is 0 Å². The molecule has 0 fully saturated rings. The molecule has 0 saturated carbocycles. The molecule has 2 rings (SSSR count). The number of carbonyl (C=O) groups excluding carboxylic acids is 1. The molecule has 2 N–H and O–H groups in total. The van der Waals surface area contributed by atoms with Gasteiger partial charge in [-0.3, -0.25) is 4.79 Å². The summed E-state index contributed by atoms with van der Waals surface area (Å²) >= 11 is 0. The van der Waals surface area contributed by atoms with Gasteiger partial charge in [0.1, 0.15) is 5.75 Å². The predicted molar refractivity (Wildman–Crippen MR) is 91.7 cm³/mol. The van der Waals surface area contributed by atoms with Crippen molar-refractivity contribution in [1.29, 1.82) is 0 Å². The molecule has 0 heterocycles. The van der Waals surface area contributed by atoms with E-state index >= 15 is 0 Å². The van der Waals surface area contributed by atoms with E-state index in [2.05, 4.69) is 10.0 Å². The molecule has 0 spiro atoms. The lowest BCUT2D eigenvalue weighted by Crippen LogP contribution is -2.34. The highest BCUT2D eigenvalue weighted by molar-refractivity contribution is 7.89. The minimum atomic E-state index is -3.61. The first kappa shape index (κ1) is 18.0. The average molecular weight is 348 g/mol. The highest BCUT2D eigenvalue weighted by Gasteiger charge is 2.13. The number of hydrogen-bond acceptors (Lipinski definition) is 4. The zero-order chi connectivity index (χ0) is 17.6. The highest BCUT2D eigenvalue weighted by Crippen LogP contribution is 2.15. The second kappa shape index (κ2) is 7.94. The van der Waals surface area contributed by atoms with Gasteiger partial charge in [0.2, 0.25) is 10.0 Å². The molecule has 128 valence electrons. The van der Waals surface area contributed by atoms with Crippen molar-refractivity contribution in [2.45, 2.75) is 11.8 Å². The van der Waals surface area contributed by atoms with Gasteiger partial charge >= 0.3 is 0 Å². The lowest BCUT2D eigenvalue weighted by atomic mass is 10.1. The van der Waals surface area contributed by atoms with Gasteiger partial charge in [0.15, 0.2) is 0 Å². The molecule has 2 aromatic rings. The lowest BCUT2D eigenvalue weighted by molar-refractivity contribution is 0.0953. The SMILES string of the molecule is COc1ccc(S(=O)(=O)NCCNC(=O)c2ccccc2C)cc1. The van der Waals surface area contributed by atoms with Crippen LogP contribution in [0.1, 0.15) is 15.9 Å². The number of ether oxygens (including phenoxy) is 1. The first-order valence-electron chi connectivity index (χ1n) is 7.41. The van der Waals surface area contributed by atoms with Crippen LogP contribution in [-0.2, 0) is 10.0 Å². The number of carbonyl (C=O) groups is 1. The van der Waals surface area contributed by atoms with Crippen LogP contribution >= 0.6 is 0 Å². The summed E-state index contributed by atoms with van der Waals surface area (Å²) in [7, 11) is -2.10. The fraction of sp³-hybridized carbons (Fsp3) is 0.235. The third-order valence-electron chi connectivity index (χ3n) is 3.46. The van der Waals surface area contributed by atoms with E-state index in [1.165, 1.54) is 19.2 Å². The smallest absolute Gasteiger partial charge is 0.251 e. The van der Waals surface area contributed by atoms with Crippen LogP contribution < -0.4 is 14.8 Å². The molecule has 24 heavy (non-hydrogen) atoms. The molecule has 0 saturated heterocycles. The molecule has 0 aliphatic carbocycles. The first-order chi connectivity index (χ1) is 11.4. The normalized spacial score (nSPS) is 11.1. The van der Waals surface area contributed by atoms with Crippen LogP contribution in [0.25, 0.3) is 0 Å². The van der Waals surface area contributed by atoms with Crippen molar-refractivity contribution < 1.29 is 17.9 Å². The summed E-state index contributed by atoms with van der Waals surface area (Å²) in [4.78, 5) is 12.2. The number of benzene rings is 2. The van der Waals surface area contributed by atoms with Gasteiger partial charge in [-0.05, 0) is 42.8 Å². The van der Waals surface area contributed by atoms with Crippen LogP contribution in [0.4, 0.5) is 0 Å². The third-order valence-corrected chi connectivity index (χ3v) is 4.94. The van der Waals surface area contributed by atoms with E-state index in [0.29, 0.717) is 11.3 Å². The summed E-state index contributed by atoms with van der Waals surface area (Å²) < 4.78 is 31.7. The Morgan fingerprint density at radius 3 is 2.33 bits per heavy atom. The molecule has 0 unspecified atom stereocenters. The first-order valence-corrected chi connectivity index (χ1v) is 8.90. The van der Waals surface area contributed by atoms with E-state index in [4.69, 9.17) is 4.74 Å². The fourth-order valence-corrected chi connectivity index (χ4v) is 3.15. The molecule has 2 aromatic carbocycles. The number of hydrogen-bond donors (Lipinski definition) is 2. The number of aryl methyl sites for hydroxylation is 1. The van der Waals surface area contributed by atoms with Crippen molar-refractivity contribution in [3.05, 3.63) is 59.7 Å². The number of amides is 1. The Morgan fingerprint density at radius 2 is 1.71 bits per heavy atom. The maximum atomic E-state index is 12.1. The molecule has 1 amide bonds. The third kappa shape index (κ3) is 4.56. The molecule has 0 atom stereocenters. The van der Waals surface area contributed by atoms with Crippen molar-refractivity contribution in [2.75, 3.05) is 20.2 Å². The minimum Gasteiger partial charge on any atom is -0.497 e. The monoisotopic (exact) mass is 348 g/mol. The summed E-state index contributed by atoms with van der Waals surface area (Å²) in [5.41, 5.74) is 1.45. The Hall–Kier alpha value is -2.38. The standard InChI is InChI=1S/C17H20N2O4S/c1-13-5-3-4-6-16(13)17(20)18-11-12-19-24(21,22)15-9-7-14(23-2)8-10-15/h3-10,19H,11-12H2,1-2H3,(H,18,20). The van der Waals surface area contributed by atoms with E-state index in [-0.39, 0.29) is 23.9 Å². The van der Waals surface area contributed by atoms with Gasteiger partial charge in [0, 0.05) is 18.7 Å². The molecule has 7 heteroatoms. The zero-order valence-corrected chi connectivity index (χ0v) is 14.4. The van der Waals surface area contributed by atoms with Gasteiger partial charge < -0.3 is 10.1 Å². The van der Waals surface area contributed by atoms with Crippen molar-refractivity contribution in [3.8, 4) is 5.75 Å². The Balaban J connectivity index is 1.87. The molecule has 6 nitrogen and oxygen atoms in total. The largest absolute Gasteiger partial charge is 0.497 e. The molecular formula is C17H20N2O4S. The molecule has 0 radical (unpaired) electrons. The number of rotatable bonds is 7. The van der Waals surface area contributed by atoms with Gasteiger partial charge in [-0.2, -0.15) is 0 Å². The van der Waals surface area contributed by atoms with Crippen LogP contribution in [-0.4, -0.2) is 34.5 Å². The Bertz CT molecular complexity index is 802. The quantitative estimate of drug-likeness (QED) is 0.746. The Morgan fingerprint density at radius 1 is 1.04 bits per heavy atom. The highest BCUT2D eigenvalue weighted by atomic mass is 32.2. The maximum Gasteiger partial charge on any atom is 0.251 e. The Labute approximate surface area is 141 Å². The van der Waals surface area contributed by atoms with Crippen LogP contribution in [0, 0.1) is 6.92 Å². The summed E-state index contributed by atoms with van der Waals surface area (Å²) in [5.74, 6) is 0.358.